The van der Waals surface area contributed by atoms with Gasteiger partial charge in [-0.3, -0.25) is 9.59 Å². The first-order valence-electron chi connectivity index (χ1n) is 8.47. The fraction of sp³-hybridized carbons (Fsp3) is 0.333. The molecular formula is C18H21N5O2S. The lowest BCUT2D eigenvalue weighted by atomic mass is 10.2. The van der Waals surface area contributed by atoms with Crippen molar-refractivity contribution in [2.45, 2.75) is 24.8 Å². The number of nitrogens with zero attached hydrogens (tertiary/aromatic N) is 3. The number of hydrogen-bond donors (Lipinski definition) is 2. The van der Waals surface area contributed by atoms with Gasteiger partial charge in [0.15, 0.2) is 0 Å². The number of amides is 2. The second-order valence-electron chi connectivity index (χ2n) is 6.01. The molecule has 1 saturated heterocycles. The van der Waals surface area contributed by atoms with Crippen LogP contribution in [0, 0.1) is 0 Å². The summed E-state index contributed by atoms with van der Waals surface area (Å²) >= 11 is 1.38. The van der Waals surface area contributed by atoms with Crippen molar-refractivity contribution in [2.24, 2.45) is 0 Å². The Balaban J connectivity index is 1.54. The number of aromatic nitrogens is 2. The lowest BCUT2D eigenvalue weighted by Gasteiger charge is -2.16. The molecule has 0 radical (unpaired) electrons. The molecule has 0 bridgehead atoms. The number of nitrogens with one attached hydrogen (secondary N) is 2. The molecule has 1 aliphatic heterocycles. The van der Waals surface area contributed by atoms with Crippen LogP contribution in [0.4, 0.5) is 17.2 Å². The number of thioether (sulfide) groups is 1. The van der Waals surface area contributed by atoms with E-state index in [0.29, 0.717) is 11.4 Å². The normalized spacial score (nSPS) is 13.5. The van der Waals surface area contributed by atoms with E-state index < -0.39 is 0 Å². The molecule has 1 aromatic heterocycles. The highest BCUT2D eigenvalue weighted by Crippen LogP contribution is 2.23. The van der Waals surface area contributed by atoms with E-state index in [-0.39, 0.29) is 17.6 Å². The quantitative estimate of drug-likeness (QED) is 0.600. The standard InChI is InChI=1S/C18H21N5O2S/c1-13(24)21-14-5-4-6-15(9-14)22-17(25)11-26-18-10-16(19-12-20-18)23-7-2-3-8-23/h4-6,9-10,12H,2-3,7-8,11H2,1H3,(H,21,24)(H,22,25). The van der Waals surface area contributed by atoms with Crippen molar-refractivity contribution in [3.63, 3.8) is 0 Å². The van der Waals surface area contributed by atoms with Crippen LogP contribution < -0.4 is 15.5 Å². The predicted octanol–water partition coefficient (Wildman–Crippen LogP) is 2.77. The minimum Gasteiger partial charge on any atom is -0.356 e. The molecule has 136 valence electrons. The van der Waals surface area contributed by atoms with Crippen LogP contribution in [0.1, 0.15) is 19.8 Å². The Morgan fingerprint density at radius 1 is 1.12 bits per heavy atom. The van der Waals surface area contributed by atoms with Crippen LogP contribution in [0.3, 0.4) is 0 Å². The summed E-state index contributed by atoms with van der Waals surface area (Å²) in [4.78, 5) is 34.1. The smallest absolute Gasteiger partial charge is 0.234 e. The maximum atomic E-state index is 12.2. The van der Waals surface area contributed by atoms with Gasteiger partial charge in [-0.15, -0.1) is 0 Å². The number of carbonyl (C=O) groups excluding carboxylic acids is 2. The number of carbonyl (C=O) groups is 2. The zero-order valence-electron chi connectivity index (χ0n) is 14.6. The molecule has 2 heterocycles. The molecule has 26 heavy (non-hydrogen) atoms. The number of hydrogen-bond acceptors (Lipinski definition) is 6. The van der Waals surface area contributed by atoms with Gasteiger partial charge >= 0.3 is 0 Å². The first kappa shape index (κ1) is 18.2. The molecule has 0 atom stereocenters. The van der Waals surface area contributed by atoms with Crippen LogP contribution in [0.5, 0.6) is 0 Å². The zero-order valence-corrected chi connectivity index (χ0v) is 15.4. The van der Waals surface area contributed by atoms with Crippen molar-refractivity contribution < 1.29 is 9.59 Å². The average molecular weight is 371 g/mol. The summed E-state index contributed by atoms with van der Waals surface area (Å²) in [6.07, 6.45) is 3.92. The molecule has 2 aromatic rings. The van der Waals surface area contributed by atoms with Crippen LogP contribution in [0.15, 0.2) is 41.7 Å². The monoisotopic (exact) mass is 371 g/mol. The van der Waals surface area contributed by atoms with Crippen molar-refractivity contribution in [3.8, 4) is 0 Å². The largest absolute Gasteiger partial charge is 0.356 e. The van der Waals surface area contributed by atoms with Crippen molar-refractivity contribution in [1.82, 2.24) is 9.97 Å². The van der Waals surface area contributed by atoms with Crippen LogP contribution in [-0.4, -0.2) is 40.6 Å². The molecule has 0 aliphatic carbocycles. The topological polar surface area (TPSA) is 87.2 Å². The molecule has 0 saturated carbocycles. The fourth-order valence-electron chi connectivity index (χ4n) is 2.74. The third-order valence-corrected chi connectivity index (χ3v) is 4.80. The van der Waals surface area contributed by atoms with Gasteiger partial charge in [0.1, 0.15) is 17.2 Å². The summed E-state index contributed by atoms with van der Waals surface area (Å²) in [6.45, 7) is 3.48. The Labute approximate surface area is 156 Å². The molecule has 1 aliphatic rings. The molecule has 2 N–H and O–H groups in total. The second kappa shape index (κ2) is 8.66. The van der Waals surface area contributed by atoms with Gasteiger partial charge in [-0.25, -0.2) is 9.97 Å². The highest BCUT2D eigenvalue weighted by molar-refractivity contribution is 7.99. The Morgan fingerprint density at radius 2 is 1.85 bits per heavy atom. The van der Waals surface area contributed by atoms with E-state index in [1.165, 1.54) is 31.5 Å². The van der Waals surface area contributed by atoms with Crippen molar-refractivity contribution in [1.29, 1.82) is 0 Å². The summed E-state index contributed by atoms with van der Waals surface area (Å²) in [5, 5.41) is 6.30. The third-order valence-electron chi connectivity index (χ3n) is 3.88. The summed E-state index contributed by atoms with van der Waals surface area (Å²) < 4.78 is 0. The number of rotatable bonds is 6. The highest BCUT2D eigenvalue weighted by Gasteiger charge is 2.14. The van der Waals surface area contributed by atoms with Gasteiger partial charge in [-0.05, 0) is 31.0 Å². The van der Waals surface area contributed by atoms with Gasteiger partial charge in [0, 0.05) is 37.5 Å². The van der Waals surface area contributed by atoms with Crippen LogP contribution in [0.2, 0.25) is 0 Å². The van der Waals surface area contributed by atoms with E-state index in [9.17, 15) is 9.59 Å². The maximum absolute atomic E-state index is 12.2. The first-order chi connectivity index (χ1) is 12.6. The minimum absolute atomic E-state index is 0.128. The Kier molecular flexibility index (Phi) is 6.06. The summed E-state index contributed by atoms with van der Waals surface area (Å²) in [5.41, 5.74) is 1.29. The Bertz CT molecular complexity index is 793. The van der Waals surface area contributed by atoms with Crippen molar-refractivity contribution in [3.05, 3.63) is 36.7 Å². The molecule has 1 aromatic carbocycles. The molecule has 2 amide bonds. The second-order valence-corrected chi connectivity index (χ2v) is 7.00. The molecule has 3 rings (SSSR count). The fourth-order valence-corrected chi connectivity index (χ4v) is 3.40. The van der Waals surface area contributed by atoms with Crippen LogP contribution in [-0.2, 0) is 9.59 Å². The average Bonchev–Trinajstić information content (AvgIpc) is 3.15. The van der Waals surface area contributed by atoms with Gasteiger partial charge in [0.2, 0.25) is 11.8 Å². The maximum Gasteiger partial charge on any atom is 0.234 e. The van der Waals surface area contributed by atoms with E-state index in [1.807, 2.05) is 6.07 Å². The summed E-state index contributed by atoms with van der Waals surface area (Å²) in [6, 6.07) is 8.98. The highest BCUT2D eigenvalue weighted by atomic mass is 32.2. The number of anilines is 3. The molecular weight excluding hydrogens is 350 g/mol. The SMILES string of the molecule is CC(=O)Nc1cccc(NC(=O)CSc2cc(N3CCCC3)ncn2)c1. The molecule has 0 spiro atoms. The third kappa shape index (κ3) is 5.19. The predicted molar refractivity (Wildman–Crippen MR) is 104 cm³/mol. The summed E-state index contributed by atoms with van der Waals surface area (Å²) in [5.74, 6) is 0.891. The van der Waals surface area contributed by atoms with Gasteiger partial charge in [0.25, 0.3) is 0 Å². The van der Waals surface area contributed by atoms with Crippen molar-refractivity contribution in [2.75, 3.05) is 34.4 Å². The van der Waals surface area contributed by atoms with Gasteiger partial charge in [0.05, 0.1) is 5.75 Å². The van der Waals surface area contributed by atoms with E-state index in [1.54, 1.807) is 30.6 Å². The van der Waals surface area contributed by atoms with E-state index in [0.717, 1.165) is 23.9 Å². The number of benzene rings is 1. The van der Waals surface area contributed by atoms with Gasteiger partial charge in [-0.2, -0.15) is 0 Å². The van der Waals surface area contributed by atoms with Crippen LogP contribution >= 0.6 is 11.8 Å². The molecule has 7 nitrogen and oxygen atoms in total. The Morgan fingerprint density at radius 3 is 2.58 bits per heavy atom. The lowest BCUT2D eigenvalue weighted by Crippen LogP contribution is -2.19. The van der Waals surface area contributed by atoms with Crippen molar-refractivity contribution >= 4 is 40.8 Å². The van der Waals surface area contributed by atoms with Gasteiger partial charge < -0.3 is 15.5 Å². The molecule has 8 heteroatoms. The molecule has 0 unspecified atom stereocenters. The van der Waals surface area contributed by atoms with E-state index in [2.05, 4.69) is 25.5 Å². The summed E-state index contributed by atoms with van der Waals surface area (Å²) in [7, 11) is 0. The minimum atomic E-state index is -0.151. The van der Waals surface area contributed by atoms with E-state index in [4.69, 9.17) is 0 Å². The molecule has 1 fully saturated rings. The van der Waals surface area contributed by atoms with E-state index >= 15 is 0 Å². The lowest BCUT2D eigenvalue weighted by molar-refractivity contribution is -0.114. The Hall–Kier alpha value is -2.61. The van der Waals surface area contributed by atoms with Crippen LogP contribution in [0.25, 0.3) is 0 Å². The zero-order chi connectivity index (χ0) is 18.4. The van der Waals surface area contributed by atoms with Gasteiger partial charge in [-0.1, -0.05) is 17.8 Å². The first-order valence-corrected chi connectivity index (χ1v) is 9.46.